The van der Waals surface area contributed by atoms with Crippen molar-refractivity contribution in [3.05, 3.63) is 76.5 Å². The minimum Gasteiger partial charge on any atom is -0.496 e. The Balaban J connectivity index is 1.54. The Morgan fingerprint density at radius 3 is 2.82 bits per heavy atom. The van der Waals surface area contributed by atoms with E-state index in [0.717, 1.165) is 77.9 Å². The van der Waals surface area contributed by atoms with E-state index >= 15 is 0 Å². The largest absolute Gasteiger partial charge is 0.496 e. The van der Waals surface area contributed by atoms with Gasteiger partial charge in [-0.05, 0) is 92.4 Å². The lowest BCUT2D eigenvalue weighted by atomic mass is 9.59. The van der Waals surface area contributed by atoms with Crippen LogP contribution >= 0.6 is 0 Å². The first-order valence-corrected chi connectivity index (χ1v) is 11.6. The molecule has 0 bridgehead atoms. The van der Waals surface area contributed by atoms with Crippen LogP contribution in [0.1, 0.15) is 67.1 Å². The molecule has 2 aliphatic rings. The second kappa shape index (κ2) is 8.07. The van der Waals surface area contributed by atoms with Gasteiger partial charge >= 0.3 is 5.97 Å². The predicted octanol–water partition coefficient (Wildman–Crippen LogP) is 6.17. The van der Waals surface area contributed by atoms with Crippen molar-refractivity contribution >= 4 is 16.9 Å². The Hall–Kier alpha value is -3.05. The van der Waals surface area contributed by atoms with Gasteiger partial charge in [-0.25, -0.2) is 4.79 Å². The molecular formula is C28H32N2O3. The maximum Gasteiger partial charge on any atom is 0.335 e. The highest BCUT2D eigenvalue weighted by molar-refractivity contribution is 5.88. The number of ether oxygens (including phenoxy) is 1. The highest BCUT2D eigenvalue weighted by atomic mass is 16.5. The van der Waals surface area contributed by atoms with Crippen LogP contribution in [0.2, 0.25) is 0 Å². The van der Waals surface area contributed by atoms with Gasteiger partial charge in [0.2, 0.25) is 0 Å². The number of carboxylic acids is 1. The first-order chi connectivity index (χ1) is 16.7. The van der Waals surface area contributed by atoms with E-state index in [1.807, 2.05) is 19.2 Å². The first-order valence-electron chi connectivity index (χ1n) is 12.6. The molecule has 5 rings (SSSR count). The number of allylic oxidation sites excluding steroid dienone is 1. The Morgan fingerprint density at radius 2 is 2.12 bits per heavy atom. The molecule has 1 saturated heterocycles. The van der Waals surface area contributed by atoms with Gasteiger partial charge in [0.25, 0.3) is 0 Å². The number of carboxylic acid groups (broad SMARTS) is 1. The summed E-state index contributed by atoms with van der Waals surface area (Å²) in [7, 11) is 1.72. The van der Waals surface area contributed by atoms with Crippen molar-refractivity contribution in [1.29, 1.82) is 0 Å². The maximum absolute atomic E-state index is 11.5. The van der Waals surface area contributed by atoms with Gasteiger partial charge in [0.05, 0.1) is 15.4 Å². The van der Waals surface area contributed by atoms with Crippen molar-refractivity contribution in [2.75, 3.05) is 13.7 Å². The van der Waals surface area contributed by atoms with Gasteiger partial charge in [-0.3, -0.25) is 4.90 Å². The molecule has 172 valence electrons. The zero-order valence-corrected chi connectivity index (χ0v) is 19.5. The molecule has 1 aromatic heterocycles. The SMILES string of the molecule is [2H]C([2H])=C1CC2(CCN(Cc3c(OC)cc(C)c4[nH]ccc34)C(c3ccc(C(=O)O)cc3C)C2)C1. The summed E-state index contributed by atoms with van der Waals surface area (Å²) in [5, 5.41) is 10.6. The fraction of sp³-hybridized carbons (Fsp3) is 0.393. The number of benzene rings is 2. The highest BCUT2D eigenvalue weighted by Gasteiger charge is 2.46. The van der Waals surface area contributed by atoms with Crippen LogP contribution in [-0.2, 0) is 6.54 Å². The number of rotatable bonds is 5. The van der Waals surface area contributed by atoms with E-state index in [2.05, 4.69) is 28.9 Å². The van der Waals surface area contributed by atoms with E-state index in [1.165, 1.54) is 5.39 Å². The normalized spacial score (nSPS) is 20.9. The van der Waals surface area contributed by atoms with Gasteiger partial charge in [0, 0.05) is 35.2 Å². The fourth-order valence-electron chi connectivity index (χ4n) is 6.02. The molecule has 2 aromatic carbocycles. The van der Waals surface area contributed by atoms with Crippen molar-refractivity contribution < 1.29 is 17.4 Å². The van der Waals surface area contributed by atoms with Crippen LogP contribution in [0, 0.1) is 19.3 Å². The minimum atomic E-state index is -0.914. The molecule has 1 unspecified atom stereocenters. The van der Waals surface area contributed by atoms with E-state index < -0.39 is 5.97 Å². The van der Waals surface area contributed by atoms with Gasteiger partial charge in [0.15, 0.2) is 0 Å². The third kappa shape index (κ3) is 3.74. The molecule has 2 fully saturated rings. The molecule has 0 radical (unpaired) electrons. The molecule has 33 heavy (non-hydrogen) atoms. The molecule has 2 heterocycles. The van der Waals surface area contributed by atoms with E-state index in [4.69, 9.17) is 7.48 Å². The predicted molar refractivity (Wildman–Crippen MR) is 131 cm³/mol. The standard InChI is InChI=1S/C28H32N2O3/c1-17-13-28(14-17)8-10-30(24(15-28)21-6-5-20(27(31)32)11-18(21)2)16-23-22-7-9-29-26(22)19(3)12-25(23)33-4/h5-7,9,11-12,24,29H,1,8,10,13-16H2,2-4H3,(H,31,32)/i1D2. The lowest BCUT2D eigenvalue weighted by Crippen LogP contribution is -2.46. The van der Waals surface area contributed by atoms with Gasteiger partial charge in [-0.1, -0.05) is 18.2 Å². The molecule has 1 atom stereocenters. The number of hydrogen-bond acceptors (Lipinski definition) is 3. The number of likely N-dealkylation sites (tertiary alicyclic amines) is 1. The third-order valence-corrected chi connectivity index (χ3v) is 7.74. The Morgan fingerprint density at radius 1 is 1.30 bits per heavy atom. The summed E-state index contributed by atoms with van der Waals surface area (Å²) >= 11 is 0. The van der Waals surface area contributed by atoms with Crippen molar-refractivity contribution in [2.24, 2.45) is 5.41 Å². The smallest absolute Gasteiger partial charge is 0.335 e. The minimum absolute atomic E-state index is 0.0316. The average molecular weight is 447 g/mol. The number of carbonyl (C=O) groups is 1. The average Bonchev–Trinajstić information content (AvgIpc) is 3.30. The number of aromatic nitrogens is 1. The lowest BCUT2D eigenvalue weighted by Gasteiger charge is -2.53. The van der Waals surface area contributed by atoms with Gasteiger partial charge in [-0.15, -0.1) is 0 Å². The van der Waals surface area contributed by atoms with Crippen LogP contribution in [0.4, 0.5) is 0 Å². The second-order valence-corrected chi connectivity index (χ2v) is 9.91. The number of H-pyrrole nitrogens is 1. The van der Waals surface area contributed by atoms with Crippen LogP contribution in [0.5, 0.6) is 5.75 Å². The summed E-state index contributed by atoms with van der Waals surface area (Å²) in [6, 6.07) is 9.77. The fourth-order valence-corrected chi connectivity index (χ4v) is 6.02. The number of nitrogens with zero attached hydrogens (tertiary/aromatic N) is 1. The molecule has 5 heteroatoms. The van der Waals surface area contributed by atoms with E-state index in [-0.39, 0.29) is 18.0 Å². The molecule has 1 aliphatic carbocycles. The molecule has 1 saturated carbocycles. The van der Waals surface area contributed by atoms with Crippen LogP contribution < -0.4 is 4.74 Å². The number of aromatic carboxylic acids is 1. The van der Waals surface area contributed by atoms with Crippen LogP contribution in [0.3, 0.4) is 0 Å². The van der Waals surface area contributed by atoms with E-state index in [0.29, 0.717) is 5.56 Å². The lowest BCUT2D eigenvalue weighted by molar-refractivity contribution is 0.0171. The highest BCUT2D eigenvalue weighted by Crippen LogP contribution is 2.56. The Labute approximate surface area is 197 Å². The van der Waals surface area contributed by atoms with Crippen molar-refractivity contribution in [2.45, 2.75) is 52.1 Å². The van der Waals surface area contributed by atoms with Crippen LogP contribution in [0.15, 0.2) is 48.6 Å². The van der Waals surface area contributed by atoms with Gasteiger partial charge < -0.3 is 14.8 Å². The number of aryl methyl sites for hydroxylation is 2. The van der Waals surface area contributed by atoms with Crippen LogP contribution in [0.25, 0.3) is 10.9 Å². The summed E-state index contributed by atoms with van der Waals surface area (Å²) in [5.41, 5.74) is 6.93. The molecule has 2 N–H and O–H groups in total. The molecule has 5 nitrogen and oxygen atoms in total. The number of fused-ring (bicyclic) bond motifs is 1. The summed E-state index contributed by atoms with van der Waals surface area (Å²) in [6.07, 6.45) is 5.57. The zero-order chi connectivity index (χ0) is 24.9. The Kier molecular flexibility index (Phi) is 4.75. The van der Waals surface area contributed by atoms with E-state index in [1.54, 1.807) is 19.2 Å². The molecule has 3 aromatic rings. The van der Waals surface area contributed by atoms with Crippen molar-refractivity contribution in [3.8, 4) is 5.75 Å². The van der Waals surface area contributed by atoms with Crippen LogP contribution in [-0.4, -0.2) is 34.6 Å². The second-order valence-electron chi connectivity index (χ2n) is 9.91. The molecule has 1 aliphatic heterocycles. The van der Waals surface area contributed by atoms with Crippen molar-refractivity contribution in [3.63, 3.8) is 0 Å². The number of hydrogen-bond donors (Lipinski definition) is 2. The Bertz CT molecular complexity index is 1330. The summed E-state index contributed by atoms with van der Waals surface area (Å²) in [4.78, 5) is 17.4. The molecular weight excluding hydrogens is 412 g/mol. The van der Waals surface area contributed by atoms with E-state index in [9.17, 15) is 9.90 Å². The quantitative estimate of drug-likeness (QED) is 0.460. The zero-order valence-electron chi connectivity index (χ0n) is 21.5. The van der Waals surface area contributed by atoms with Crippen molar-refractivity contribution in [1.82, 2.24) is 9.88 Å². The number of nitrogens with one attached hydrogen (secondary N) is 1. The summed E-state index contributed by atoms with van der Waals surface area (Å²) in [5.74, 6) is -0.0310. The summed E-state index contributed by atoms with van der Waals surface area (Å²) in [6.45, 7) is 5.67. The third-order valence-electron chi connectivity index (χ3n) is 7.74. The maximum atomic E-state index is 11.5. The topological polar surface area (TPSA) is 65.6 Å². The number of methoxy groups -OCH3 is 1. The summed E-state index contributed by atoms with van der Waals surface area (Å²) < 4.78 is 21.3. The van der Waals surface area contributed by atoms with Gasteiger partial charge in [0.1, 0.15) is 5.75 Å². The molecule has 0 amide bonds. The first kappa shape index (κ1) is 19.4. The molecule has 1 spiro atoms. The number of piperidine rings is 1. The van der Waals surface area contributed by atoms with Gasteiger partial charge in [-0.2, -0.15) is 0 Å². The number of aromatic amines is 1. The monoisotopic (exact) mass is 446 g/mol.